The van der Waals surface area contributed by atoms with Gasteiger partial charge in [-0.05, 0) is 12.2 Å². The molecule has 2 heterocycles. The highest BCUT2D eigenvalue weighted by molar-refractivity contribution is 8.00. The number of nitrogens with one attached hydrogen (secondary N) is 1. The lowest BCUT2D eigenvalue weighted by Crippen LogP contribution is -2.42. The van der Waals surface area contributed by atoms with E-state index in [4.69, 9.17) is 17.0 Å². The molecular formula is C15H18N4O2S2. The summed E-state index contributed by atoms with van der Waals surface area (Å²) in [5.74, 6) is 1.48. The highest BCUT2D eigenvalue weighted by atomic mass is 32.2. The Hall–Kier alpha value is -1.64. The molecule has 1 atom stereocenters. The molecule has 0 unspecified atom stereocenters. The average molecular weight is 350 g/mol. The second-order valence-electron chi connectivity index (χ2n) is 5.25. The number of nitrogens with zero attached hydrogens (tertiary/aromatic N) is 3. The molecule has 0 saturated carbocycles. The number of rotatable bonds is 4. The Morgan fingerprint density at radius 3 is 3.00 bits per heavy atom. The fraction of sp³-hybridized carbons (Fsp3) is 0.400. The Labute approximate surface area is 143 Å². The number of carbonyl (C=O) groups excluding carboxylic acids is 1. The van der Waals surface area contributed by atoms with Gasteiger partial charge >= 0.3 is 5.97 Å². The van der Waals surface area contributed by atoms with Crippen LogP contribution in [0.5, 0.6) is 0 Å². The number of hydrogen-bond donors (Lipinski definition) is 1. The molecule has 8 heteroatoms. The van der Waals surface area contributed by atoms with Crippen molar-refractivity contribution in [3.63, 3.8) is 0 Å². The third kappa shape index (κ3) is 3.82. The Kier molecular flexibility index (Phi) is 5.14. The number of hydrogen-bond acceptors (Lipinski definition) is 6. The number of ether oxygens (including phenoxy) is 1. The zero-order chi connectivity index (χ0) is 16.2. The van der Waals surface area contributed by atoms with Gasteiger partial charge in [-0.15, -0.1) is 11.8 Å². The van der Waals surface area contributed by atoms with Crippen LogP contribution in [-0.4, -0.2) is 56.8 Å². The molecule has 1 aromatic carbocycles. The molecule has 1 fully saturated rings. The van der Waals surface area contributed by atoms with E-state index in [0.717, 1.165) is 23.7 Å². The van der Waals surface area contributed by atoms with E-state index in [2.05, 4.69) is 15.0 Å². The van der Waals surface area contributed by atoms with E-state index in [1.807, 2.05) is 35.0 Å². The van der Waals surface area contributed by atoms with E-state index in [9.17, 15) is 4.79 Å². The standard InChI is InChI=1S/C15H18N4O2S2/c1-21-14(20)12-9-18(7-8-23-12)10-19-15(22)16-13(17-19)11-5-3-2-4-6-11/h2-6,12H,7-10H2,1H3,(H,16,17,22)/t12-/m0/s1. The molecule has 1 aliphatic rings. The SMILES string of the molecule is COC(=O)[C@@H]1CN(Cn2[nH]c(-c3ccccc3)nc2=S)CCS1. The zero-order valence-electron chi connectivity index (χ0n) is 12.8. The van der Waals surface area contributed by atoms with Gasteiger partial charge in [0, 0.05) is 24.4 Å². The quantitative estimate of drug-likeness (QED) is 0.673. The third-order valence-electron chi connectivity index (χ3n) is 3.68. The summed E-state index contributed by atoms with van der Waals surface area (Å²) in [7, 11) is 1.43. The summed E-state index contributed by atoms with van der Waals surface area (Å²) in [5.41, 5.74) is 0.999. The molecule has 0 aliphatic carbocycles. The lowest BCUT2D eigenvalue weighted by molar-refractivity contribution is -0.140. The van der Waals surface area contributed by atoms with Crippen molar-refractivity contribution in [1.29, 1.82) is 0 Å². The van der Waals surface area contributed by atoms with E-state index >= 15 is 0 Å². The van der Waals surface area contributed by atoms with Crippen molar-refractivity contribution in [2.75, 3.05) is 26.0 Å². The lowest BCUT2D eigenvalue weighted by Gasteiger charge is -2.30. The molecule has 0 spiro atoms. The fourth-order valence-electron chi connectivity index (χ4n) is 2.48. The smallest absolute Gasteiger partial charge is 0.320 e. The molecule has 0 bridgehead atoms. The molecule has 122 valence electrons. The van der Waals surface area contributed by atoms with Gasteiger partial charge in [-0.25, -0.2) is 4.68 Å². The van der Waals surface area contributed by atoms with Gasteiger partial charge < -0.3 is 4.74 Å². The second-order valence-corrected chi connectivity index (χ2v) is 6.93. The summed E-state index contributed by atoms with van der Waals surface area (Å²) in [4.78, 5) is 18.3. The number of thioether (sulfide) groups is 1. The predicted molar refractivity (Wildman–Crippen MR) is 92.7 cm³/mol. The number of aromatic amines is 1. The Bertz CT molecular complexity index is 729. The Morgan fingerprint density at radius 1 is 1.48 bits per heavy atom. The van der Waals surface area contributed by atoms with E-state index in [1.54, 1.807) is 11.8 Å². The summed E-state index contributed by atoms with van der Waals surface area (Å²) in [5, 5.41) is 3.10. The van der Waals surface area contributed by atoms with Crippen LogP contribution in [-0.2, 0) is 16.2 Å². The summed E-state index contributed by atoms with van der Waals surface area (Å²) in [6.07, 6.45) is 0. The van der Waals surface area contributed by atoms with Gasteiger partial charge in [-0.3, -0.25) is 14.8 Å². The number of benzene rings is 1. The molecule has 2 aromatic rings. The van der Waals surface area contributed by atoms with Gasteiger partial charge in [-0.1, -0.05) is 30.3 Å². The van der Waals surface area contributed by atoms with Gasteiger partial charge in [0.05, 0.1) is 13.8 Å². The minimum absolute atomic E-state index is 0.139. The van der Waals surface area contributed by atoms with Gasteiger partial charge in [-0.2, -0.15) is 4.98 Å². The largest absolute Gasteiger partial charge is 0.468 e. The van der Waals surface area contributed by atoms with Crippen LogP contribution in [0.4, 0.5) is 0 Å². The van der Waals surface area contributed by atoms with E-state index in [1.165, 1.54) is 7.11 Å². The summed E-state index contributed by atoms with van der Waals surface area (Å²) in [6, 6.07) is 9.88. The normalized spacial score (nSPS) is 18.7. The third-order valence-corrected chi connectivity index (χ3v) is 5.16. The van der Waals surface area contributed by atoms with Crippen LogP contribution in [0.15, 0.2) is 30.3 Å². The van der Waals surface area contributed by atoms with Crippen molar-refractivity contribution < 1.29 is 9.53 Å². The van der Waals surface area contributed by atoms with Crippen LogP contribution in [0.3, 0.4) is 0 Å². The molecule has 3 rings (SSSR count). The van der Waals surface area contributed by atoms with Crippen molar-refractivity contribution >= 4 is 29.9 Å². The number of carbonyl (C=O) groups is 1. The molecule has 23 heavy (non-hydrogen) atoms. The number of esters is 1. The molecule has 1 aliphatic heterocycles. The number of H-pyrrole nitrogens is 1. The van der Waals surface area contributed by atoms with Crippen LogP contribution in [0, 0.1) is 4.77 Å². The molecule has 6 nitrogen and oxygen atoms in total. The Balaban J connectivity index is 1.72. The molecule has 1 aromatic heterocycles. The van der Waals surface area contributed by atoms with Crippen molar-refractivity contribution in [1.82, 2.24) is 19.7 Å². The maximum absolute atomic E-state index is 11.7. The van der Waals surface area contributed by atoms with Crippen LogP contribution in [0.25, 0.3) is 11.4 Å². The first-order valence-electron chi connectivity index (χ1n) is 7.31. The molecule has 0 radical (unpaired) electrons. The van der Waals surface area contributed by atoms with Crippen molar-refractivity contribution in [3.05, 3.63) is 35.1 Å². The van der Waals surface area contributed by atoms with Crippen LogP contribution in [0.2, 0.25) is 0 Å². The average Bonchev–Trinajstić information content (AvgIpc) is 2.96. The summed E-state index contributed by atoms with van der Waals surface area (Å²) >= 11 is 6.98. The number of aromatic nitrogens is 3. The van der Waals surface area contributed by atoms with Crippen molar-refractivity contribution in [2.24, 2.45) is 0 Å². The highest BCUT2D eigenvalue weighted by Crippen LogP contribution is 2.20. The maximum Gasteiger partial charge on any atom is 0.320 e. The zero-order valence-corrected chi connectivity index (χ0v) is 14.4. The maximum atomic E-state index is 11.7. The minimum Gasteiger partial charge on any atom is -0.468 e. The van der Waals surface area contributed by atoms with Crippen LogP contribution >= 0.6 is 24.0 Å². The van der Waals surface area contributed by atoms with E-state index in [0.29, 0.717) is 18.0 Å². The summed E-state index contributed by atoms with van der Waals surface area (Å²) < 4.78 is 7.19. The van der Waals surface area contributed by atoms with E-state index in [-0.39, 0.29) is 11.2 Å². The lowest BCUT2D eigenvalue weighted by atomic mass is 10.2. The van der Waals surface area contributed by atoms with Gasteiger partial charge in [0.25, 0.3) is 0 Å². The van der Waals surface area contributed by atoms with Crippen molar-refractivity contribution in [3.8, 4) is 11.4 Å². The van der Waals surface area contributed by atoms with Crippen molar-refractivity contribution in [2.45, 2.75) is 11.9 Å². The van der Waals surface area contributed by atoms with E-state index < -0.39 is 0 Å². The molecule has 0 amide bonds. The minimum atomic E-state index is -0.169. The number of methoxy groups -OCH3 is 1. The second kappa shape index (κ2) is 7.29. The first-order valence-corrected chi connectivity index (χ1v) is 8.77. The van der Waals surface area contributed by atoms with Crippen LogP contribution in [0.1, 0.15) is 0 Å². The highest BCUT2D eigenvalue weighted by Gasteiger charge is 2.27. The first kappa shape index (κ1) is 16.2. The van der Waals surface area contributed by atoms with Crippen LogP contribution < -0.4 is 0 Å². The Morgan fingerprint density at radius 2 is 2.26 bits per heavy atom. The molecule has 1 saturated heterocycles. The molecule has 1 N–H and O–H groups in total. The first-order chi connectivity index (χ1) is 11.2. The monoisotopic (exact) mass is 350 g/mol. The van der Waals surface area contributed by atoms with Gasteiger partial charge in [0.2, 0.25) is 4.77 Å². The summed E-state index contributed by atoms with van der Waals surface area (Å²) in [6.45, 7) is 2.14. The fourth-order valence-corrected chi connectivity index (χ4v) is 3.87. The van der Waals surface area contributed by atoms with Gasteiger partial charge in [0.15, 0.2) is 5.82 Å². The van der Waals surface area contributed by atoms with Gasteiger partial charge in [0.1, 0.15) is 5.25 Å². The molecular weight excluding hydrogens is 332 g/mol. The predicted octanol–water partition coefficient (Wildman–Crippen LogP) is 2.16. The topological polar surface area (TPSA) is 63.1 Å².